The highest BCUT2D eigenvalue weighted by atomic mass is 16.5. The van der Waals surface area contributed by atoms with Gasteiger partial charge in [-0.1, -0.05) is 0 Å². The van der Waals surface area contributed by atoms with Crippen molar-refractivity contribution in [1.29, 1.82) is 0 Å². The molecule has 1 saturated heterocycles. The van der Waals surface area contributed by atoms with Gasteiger partial charge in [-0.15, -0.1) is 0 Å². The number of ether oxygens (including phenoxy) is 2. The molecule has 1 aliphatic rings. The summed E-state index contributed by atoms with van der Waals surface area (Å²) in [6, 6.07) is 1.45. The second kappa shape index (κ2) is 4.36. The van der Waals surface area contributed by atoms with Gasteiger partial charge in [-0.25, -0.2) is 4.98 Å². The molecule has 6 nitrogen and oxygen atoms in total. The number of primary amides is 1. The zero-order chi connectivity index (χ0) is 11.5. The third-order valence-corrected chi connectivity index (χ3v) is 2.35. The lowest BCUT2D eigenvalue weighted by atomic mass is 10.2. The molecular formula is C10H13N3O3. The Morgan fingerprint density at radius 3 is 3.06 bits per heavy atom. The van der Waals surface area contributed by atoms with Crippen LogP contribution in [0.15, 0.2) is 12.3 Å². The number of nitrogen functional groups attached to an aromatic ring is 1. The molecule has 1 fully saturated rings. The molecule has 86 valence electrons. The van der Waals surface area contributed by atoms with E-state index in [4.69, 9.17) is 20.9 Å². The van der Waals surface area contributed by atoms with E-state index in [1.807, 2.05) is 0 Å². The zero-order valence-electron chi connectivity index (χ0n) is 8.68. The summed E-state index contributed by atoms with van der Waals surface area (Å²) >= 11 is 0. The monoisotopic (exact) mass is 223 g/mol. The second-order valence-electron chi connectivity index (χ2n) is 3.58. The first-order chi connectivity index (χ1) is 7.66. The first-order valence-electron chi connectivity index (χ1n) is 4.96. The van der Waals surface area contributed by atoms with E-state index in [9.17, 15) is 4.79 Å². The minimum absolute atomic E-state index is 0.0168. The number of rotatable bonds is 3. The predicted octanol–water partition coefficient (Wildman–Crippen LogP) is -0.0696. The van der Waals surface area contributed by atoms with Crippen LogP contribution in [0.25, 0.3) is 0 Å². The van der Waals surface area contributed by atoms with Gasteiger partial charge in [0.25, 0.3) is 5.91 Å². The van der Waals surface area contributed by atoms with Gasteiger partial charge in [0.05, 0.1) is 30.7 Å². The lowest BCUT2D eigenvalue weighted by molar-refractivity contribution is 0.0999. The average molecular weight is 223 g/mol. The van der Waals surface area contributed by atoms with Crippen LogP contribution in [0.2, 0.25) is 0 Å². The summed E-state index contributed by atoms with van der Waals surface area (Å²) < 4.78 is 10.7. The number of hydrogen-bond donors (Lipinski definition) is 2. The number of nitrogens with zero attached hydrogens (tertiary/aromatic N) is 1. The Bertz CT molecular complexity index is 402. The maximum absolute atomic E-state index is 11.0. The van der Waals surface area contributed by atoms with Crippen LogP contribution in [0.4, 0.5) is 5.69 Å². The molecular weight excluding hydrogens is 210 g/mol. The predicted molar refractivity (Wildman–Crippen MR) is 57.0 cm³/mol. The molecule has 4 N–H and O–H groups in total. The molecule has 0 aromatic carbocycles. The number of pyridine rings is 1. The van der Waals surface area contributed by atoms with Crippen LogP contribution < -0.4 is 16.2 Å². The quantitative estimate of drug-likeness (QED) is 0.747. The smallest absolute Gasteiger partial charge is 0.251 e. The molecule has 0 spiro atoms. The lowest BCUT2D eigenvalue weighted by Gasteiger charge is -2.11. The van der Waals surface area contributed by atoms with Crippen molar-refractivity contribution >= 4 is 11.6 Å². The number of carbonyl (C=O) groups excluding carboxylic acids is 1. The molecule has 0 radical (unpaired) electrons. The number of carbonyl (C=O) groups is 1. The topological polar surface area (TPSA) is 100 Å². The summed E-state index contributed by atoms with van der Waals surface area (Å²) in [4.78, 5) is 15.0. The SMILES string of the molecule is NC(=O)c1cc(O[C@H]2CCOC2)ncc1N. The first-order valence-corrected chi connectivity index (χ1v) is 4.96. The summed E-state index contributed by atoms with van der Waals surface area (Å²) in [5, 5.41) is 0. The average Bonchev–Trinajstić information content (AvgIpc) is 2.73. The van der Waals surface area contributed by atoms with Crippen LogP contribution in [-0.2, 0) is 4.74 Å². The fourth-order valence-electron chi connectivity index (χ4n) is 1.50. The Morgan fingerprint density at radius 1 is 1.62 bits per heavy atom. The van der Waals surface area contributed by atoms with Crippen molar-refractivity contribution in [3.63, 3.8) is 0 Å². The van der Waals surface area contributed by atoms with E-state index >= 15 is 0 Å². The van der Waals surface area contributed by atoms with E-state index in [2.05, 4.69) is 4.98 Å². The molecule has 1 atom stereocenters. The summed E-state index contributed by atoms with van der Waals surface area (Å²) in [5.41, 5.74) is 11.2. The van der Waals surface area contributed by atoms with Crippen molar-refractivity contribution in [2.75, 3.05) is 18.9 Å². The van der Waals surface area contributed by atoms with Crippen LogP contribution in [0.5, 0.6) is 5.88 Å². The Hall–Kier alpha value is -1.82. The highest BCUT2D eigenvalue weighted by Gasteiger charge is 2.18. The molecule has 1 aliphatic heterocycles. The van der Waals surface area contributed by atoms with Crippen molar-refractivity contribution in [2.24, 2.45) is 5.73 Å². The Kier molecular flexibility index (Phi) is 2.91. The summed E-state index contributed by atoms with van der Waals surface area (Å²) in [6.07, 6.45) is 2.17. The number of nitrogens with two attached hydrogens (primary N) is 2. The molecule has 16 heavy (non-hydrogen) atoms. The maximum atomic E-state index is 11.0. The Morgan fingerprint density at radius 2 is 2.44 bits per heavy atom. The van der Waals surface area contributed by atoms with Crippen molar-refractivity contribution in [1.82, 2.24) is 4.98 Å². The largest absolute Gasteiger partial charge is 0.472 e. The third-order valence-electron chi connectivity index (χ3n) is 2.35. The number of anilines is 1. The molecule has 2 heterocycles. The van der Waals surface area contributed by atoms with Crippen LogP contribution in [-0.4, -0.2) is 30.2 Å². The van der Waals surface area contributed by atoms with Gasteiger partial charge in [0.2, 0.25) is 5.88 Å². The van der Waals surface area contributed by atoms with Crippen molar-refractivity contribution in [3.05, 3.63) is 17.8 Å². The Labute approximate surface area is 92.5 Å². The van der Waals surface area contributed by atoms with Gasteiger partial charge in [0.1, 0.15) is 6.10 Å². The zero-order valence-corrected chi connectivity index (χ0v) is 8.68. The lowest BCUT2D eigenvalue weighted by Crippen LogP contribution is -2.18. The van der Waals surface area contributed by atoms with Gasteiger partial charge in [0, 0.05) is 12.5 Å². The van der Waals surface area contributed by atoms with Crippen LogP contribution in [0.1, 0.15) is 16.8 Å². The van der Waals surface area contributed by atoms with Crippen LogP contribution in [0.3, 0.4) is 0 Å². The summed E-state index contributed by atoms with van der Waals surface area (Å²) in [6.45, 7) is 1.22. The minimum Gasteiger partial charge on any atom is -0.472 e. The van der Waals surface area contributed by atoms with Gasteiger partial charge in [-0.2, -0.15) is 0 Å². The maximum Gasteiger partial charge on any atom is 0.251 e. The molecule has 2 rings (SSSR count). The number of aromatic nitrogens is 1. The van der Waals surface area contributed by atoms with Gasteiger partial charge in [-0.3, -0.25) is 4.79 Å². The normalized spacial score (nSPS) is 19.6. The fourth-order valence-corrected chi connectivity index (χ4v) is 1.50. The highest BCUT2D eigenvalue weighted by Crippen LogP contribution is 2.19. The Balaban J connectivity index is 2.15. The van der Waals surface area contributed by atoms with E-state index in [-0.39, 0.29) is 17.4 Å². The van der Waals surface area contributed by atoms with Crippen LogP contribution >= 0.6 is 0 Å². The highest BCUT2D eigenvalue weighted by molar-refractivity contribution is 5.97. The molecule has 1 aromatic heterocycles. The molecule has 1 amide bonds. The molecule has 1 aromatic rings. The van der Waals surface area contributed by atoms with E-state index in [0.717, 1.165) is 6.42 Å². The van der Waals surface area contributed by atoms with Crippen molar-refractivity contribution in [3.8, 4) is 5.88 Å². The molecule has 0 bridgehead atoms. The summed E-state index contributed by atoms with van der Waals surface area (Å²) in [5.74, 6) is -0.245. The molecule has 0 unspecified atom stereocenters. The number of amides is 1. The second-order valence-corrected chi connectivity index (χ2v) is 3.58. The van der Waals surface area contributed by atoms with Gasteiger partial charge >= 0.3 is 0 Å². The van der Waals surface area contributed by atoms with E-state index in [1.54, 1.807) is 0 Å². The van der Waals surface area contributed by atoms with Crippen LogP contribution in [0, 0.1) is 0 Å². The third kappa shape index (κ3) is 2.22. The molecule has 0 saturated carbocycles. The standard InChI is InChI=1S/C10H13N3O3/c11-8-4-13-9(3-7(8)10(12)14)16-6-1-2-15-5-6/h3-4,6H,1-2,5,11H2,(H2,12,14)/t6-/m0/s1. The summed E-state index contributed by atoms with van der Waals surface area (Å²) in [7, 11) is 0. The molecule has 6 heteroatoms. The van der Waals surface area contributed by atoms with E-state index in [0.29, 0.717) is 19.1 Å². The van der Waals surface area contributed by atoms with Gasteiger partial charge in [-0.05, 0) is 0 Å². The van der Waals surface area contributed by atoms with E-state index in [1.165, 1.54) is 12.3 Å². The van der Waals surface area contributed by atoms with Crippen molar-refractivity contribution < 1.29 is 14.3 Å². The first kappa shape index (κ1) is 10.7. The van der Waals surface area contributed by atoms with Gasteiger partial charge in [0.15, 0.2) is 0 Å². The number of hydrogen-bond acceptors (Lipinski definition) is 5. The fraction of sp³-hybridized carbons (Fsp3) is 0.400. The minimum atomic E-state index is -0.590. The van der Waals surface area contributed by atoms with Gasteiger partial charge < -0.3 is 20.9 Å². The molecule has 0 aliphatic carbocycles. The van der Waals surface area contributed by atoms with Crippen molar-refractivity contribution in [2.45, 2.75) is 12.5 Å². The van der Waals surface area contributed by atoms with E-state index < -0.39 is 5.91 Å².